The van der Waals surface area contributed by atoms with Crippen molar-refractivity contribution in [2.45, 2.75) is 84.3 Å². The third-order valence-corrected chi connectivity index (χ3v) is 4.12. The van der Waals surface area contributed by atoms with E-state index in [1.165, 1.54) is 44.1 Å². The van der Waals surface area contributed by atoms with Crippen molar-refractivity contribution in [3.05, 3.63) is 35.4 Å². The van der Waals surface area contributed by atoms with Gasteiger partial charge in [0.2, 0.25) is 0 Å². The summed E-state index contributed by atoms with van der Waals surface area (Å²) in [6.45, 7) is 4.58. The molecular formula is C20H32O3. The van der Waals surface area contributed by atoms with Crippen LogP contribution in [0.15, 0.2) is 24.3 Å². The maximum Gasteiger partial charge on any atom is 0.332 e. The summed E-state index contributed by atoms with van der Waals surface area (Å²) in [4.78, 5) is 11.1. The molecule has 0 aliphatic heterocycles. The van der Waals surface area contributed by atoms with Crippen molar-refractivity contribution in [2.24, 2.45) is 0 Å². The number of hydrogen-bond acceptors (Lipinski definition) is 2. The molecule has 0 heterocycles. The lowest BCUT2D eigenvalue weighted by Crippen LogP contribution is -2.23. The van der Waals surface area contributed by atoms with Gasteiger partial charge in [-0.25, -0.2) is 4.79 Å². The van der Waals surface area contributed by atoms with Crippen LogP contribution < -0.4 is 0 Å². The molecule has 0 aliphatic rings. The normalized spacial score (nSPS) is 12.3. The van der Waals surface area contributed by atoms with E-state index in [4.69, 9.17) is 9.84 Å². The maximum atomic E-state index is 11.1. The Hall–Kier alpha value is -1.35. The molecule has 1 aromatic carbocycles. The van der Waals surface area contributed by atoms with Gasteiger partial charge in [0.05, 0.1) is 6.61 Å². The van der Waals surface area contributed by atoms with Crippen molar-refractivity contribution in [3.8, 4) is 0 Å². The predicted octanol–water partition coefficient (Wildman–Crippen LogP) is 5.36. The Morgan fingerprint density at radius 3 is 2.17 bits per heavy atom. The van der Waals surface area contributed by atoms with Gasteiger partial charge in [0.1, 0.15) is 0 Å². The van der Waals surface area contributed by atoms with Crippen LogP contribution in [0.4, 0.5) is 0 Å². The minimum Gasteiger partial charge on any atom is -0.479 e. The number of benzene rings is 1. The second-order valence-corrected chi connectivity index (χ2v) is 6.26. The van der Waals surface area contributed by atoms with Gasteiger partial charge >= 0.3 is 5.97 Å². The van der Waals surface area contributed by atoms with Crippen LogP contribution in [0.3, 0.4) is 0 Å². The molecule has 130 valence electrons. The zero-order valence-electron chi connectivity index (χ0n) is 14.7. The number of rotatable bonds is 13. The first-order valence-electron chi connectivity index (χ1n) is 9.09. The first-order chi connectivity index (χ1) is 11.2. The molecule has 3 heteroatoms. The highest BCUT2D eigenvalue weighted by Crippen LogP contribution is 2.13. The third kappa shape index (κ3) is 8.75. The number of carboxylic acids is 1. The van der Waals surface area contributed by atoms with Crippen LogP contribution in [0.2, 0.25) is 0 Å². The van der Waals surface area contributed by atoms with Crippen molar-refractivity contribution in [1.29, 1.82) is 0 Å². The quantitative estimate of drug-likeness (QED) is 0.498. The van der Waals surface area contributed by atoms with Crippen LogP contribution in [-0.2, 0) is 22.6 Å². The second-order valence-electron chi connectivity index (χ2n) is 6.26. The van der Waals surface area contributed by atoms with Gasteiger partial charge in [-0.05, 0) is 30.4 Å². The molecule has 1 rings (SSSR count). The topological polar surface area (TPSA) is 46.5 Å². The van der Waals surface area contributed by atoms with E-state index in [2.05, 4.69) is 31.2 Å². The molecule has 23 heavy (non-hydrogen) atoms. The average molecular weight is 320 g/mol. The lowest BCUT2D eigenvalue weighted by molar-refractivity contribution is -0.151. The van der Waals surface area contributed by atoms with E-state index in [0.29, 0.717) is 13.0 Å². The lowest BCUT2D eigenvalue weighted by Gasteiger charge is -2.13. The fourth-order valence-corrected chi connectivity index (χ4v) is 2.65. The van der Waals surface area contributed by atoms with Gasteiger partial charge in [0.15, 0.2) is 6.10 Å². The van der Waals surface area contributed by atoms with Gasteiger partial charge in [0.25, 0.3) is 0 Å². The summed E-state index contributed by atoms with van der Waals surface area (Å²) in [5, 5.41) is 9.08. The molecule has 1 N–H and O–H groups in total. The van der Waals surface area contributed by atoms with E-state index in [9.17, 15) is 4.79 Å². The molecule has 1 atom stereocenters. The number of unbranched alkanes of at least 4 members (excludes halogenated alkanes) is 5. The van der Waals surface area contributed by atoms with Crippen molar-refractivity contribution in [1.82, 2.24) is 0 Å². The van der Waals surface area contributed by atoms with Crippen molar-refractivity contribution >= 4 is 5.97 Å². The zero-order chi connectivity index (χ0) is 16.9. The highest BCUT2D eigenvalue weighted by atomic mass is 16.5. The number of carboxylic acid groups (broad SMARTS) is 1. The maximum absolute atomic E-state index is 11.1. The predicted molar refractivity (Wildman–Crippen MR) is 94.6 cm³/mol. The van der Waals surface area contributed by atoms with Gasteiger partial charge in [-0.15, -0.1) is 0 Å². The van der Waals surface area contributed by atoms with E-state index < -0.39 is 12.1 Å². The fraction of sp³-hybridized carbons (Fsp3) is 0.650. The molecule has 0 radical (unpaired) electrons. The molecular weight excluding hydrogens is 288 g/mol. The van der Waals surface area contributed by atoms with E-state index in [0.717, 1.165) is 18.4 Å². The van der Waals surface area contributed by atoms with Crippen LogP contribution in [0.5, 0.6) is 0 Å². The first-order valence-corrected chi connectivity index (χ1v) is 9.09. The molecule has 0 aromatic heterocycles. The minimum atomic E-state index is -0.869. The van der Waals surface area contributed by atoms with Crippen LogP contribution >= 0.6 is 0 Å². The van der Waals surface area contributed by atoms with Crippen LogP contribution in [0.25, 0.3) is 0 Å². The fourth-order valence-electron chi connectivity index (χ4n) is 2.65. The number of carbonyl (C=O) groups is 1. The SMILES string of the molecule is CCCCCCCCc1ccc(COC(CCC)C(=O)O)cc1. The smallest absolute Gasteiger partial charge is 0.332 e. The molecule has 0 spiro atoms. The summed E-state index contributed by atoms with van der Waals surface area (Å²) < 4.78 is 5.51. The number of hydrogen-bond donors (Lipinski definition) is 1. The van der Waals surface area contributed by atoms with Crippen molar-refractivity contribution < 1.29 is 14.6 Å². The molecule has 3 nitrogen and oxygen atoms in total. The van der Waals surface area contributed by atoms with Gasteiger partial charge in [-0.2, -0.15) is 0 Å². The minimum absolute atomic E-state index is 0.369. The number of ether oxygens (including phenoxy) is 1. The monoisotopic (exact) mass is 320 g/mol. The van der Waals surface area contributed by atoms with Gasteiger partial charge in [-0.1, -0.05) is 76.6 Å². The average Bonchev–Trinajstić information content (AvgIpc) is 2.55. The van der Waals surface area contributed by atoms with Gasteiger partial charge in [-0.3, -0.25) is 0 Å². The third-order valence-electron chi connectivity index (χ3n) is 4.12. The Balaban J connectivity index is 2.28. The summed E-state index contributed by atoms with van der Waals surface area (Å²) in [7, 11) is 0. The van der Waals surface area contributed by atoms with E-state index in [1.807, 2.05) is 6.92 Å². The molecule has 0 bridgehead atoms. The highest BCUT2D eigenvalue weighted by Gasteiger charge is 2.16. The largest absolute Gasteiger partial charge is 0.479 e. The van der Waals surface area contributed by atoms with Crippen LogP contribution in [0, 0.1) is 0 Å². The molecule has 1 aromatic rings. The number of aliphatic carboxylic acids is 1. The molecule has 0 fully saturated rings. The summed E-state index contributed by atoms with van der Waals surface area (Å²) in [5.74, 6) is -0.869. The molecule has 1 unspecified atom stereocenters. The standard InChI is InChI=1S/C20H32O3/c1-3-5-6-7-8-9-11-17-12-14-18(15-13-17)16-23-19(10-4-2)20(21)22/h12-15,19H,3-11,16H2,1-2H3,(H,21,22). The lowest BCUT2D eigenvalue weighted by atomic mass is 10.0. The molecule has 0 saturated heterocycles. The highest BCUT2D eigenvalue weighted by molar-refractivity contribution is 5.72. The number of aryl methyl sites for hydroxylation is 1. The summed E-state index contributed by atoms with van der Waals surface area (Å²) in [6, 6.07) is 8.38. The Bertz CT molecular complexity index is 425. The molecule has 0 amide bonds. The zero-order valence-corrected chi connectivity index (χ0v) is 14.7. The summed E-state index contributed by atoms with van der Waals surface area (Å²) in [6.07, 6.45) is 9.71. The Kier molecular flexibility index (Phi) is 10.4. The van der Waals surface area contributed by atoms with Crippen LogP contribution in [-0.4, -0.2) is 17.2 Å². The van der Waals surface area contributed by atoms with Gasteiger partial charge in [0, 0.05) is 0 Å². The molecule has 0 saturated carbocycles. The summed E-state index contributed by atoms with van der Waals surface area (Å²) >= 11 is 0. The van der Waals surface area contributed by atoms with E-state index in [-0.39, 0.29) is 0 Å². The Morgan fingerprint density at radius 2 is 1.57 bits per heavy atom. The molecule has 0 aliphatic carbocycles. The Labute approximate surface area is 141 Å². The Morgan fingerprint density at radius 1 is 0.957 bits per heavy atom. The van der Waals surface area contributed by atoms with E-state index >= 15 is 0 Å². The second kappa shape index (κ2) is 12.1. The summed E-state index contributed by atoms with van der Waals surface area (Å²) in [5.41, 5.74) is 2.40. The van der Waals surface area contributed by atoms with E-state index in [1.54, 1.807) is 0 Å². The van der Waals surface area contributed by atoms with Crippen molar-refractivity contribution in [3.63, 3.8) is 0 Å². The van der Waals surface area contributed by atoms with Crippen LogP contribution in [0.1, 0.15) is 76.3 Å². The van der Waals surface area contributed by atoms with Gasteiger partial charge < -0.3 is 9.84 Å². The first kappa shape index (κ1) is 19.7. The van der Waals surface area contributed by atoms with Crippen molar-refractivity contribution in [2.75, 3.05) is 0 Å².